The van der Waals surface area contributed by atoms with Gasteiger partial charge in [0.15, 0.2) is 5.78 Å². The molecule has 0 spiro atoms. The van der Waals surface area contributed by atoms with Gasteiger partial charge in [0.1, 0.15) is 0 Å². The highest BCUT2D eigenvalue weighted by atomic mass is 16.5. The Hall–Kier alpha value is -1.35. The molecule has 0 aromatic heterocycles. The van der Waals surface area contributed by atoms with Crippen molar-refractivity contribution in [3.8, 4) is 0 Å². The van der Waals surface area contributed by atoms with E-state index in [0.29, 0.717) is 5.57 Å². The quantitative estimate of drug-likeness (QED) is 0.573. The number of hydroxylamine groups is 2. The zero-order chi connectivity index (χ0) is 11.4. The maximum absolute atomic E-state index is 11.5. The predicted octanol–water partition coefficient (Wildman–Crippen LogP) is 2.59. The molecule has 2 rings (SSSR count). The Morgan fingerprint density at radius 1 is 1.19 bits per heavy atom. The van der Waals surface area contributed by atoms with Gasteiger partial charge in [-0.05, 0) is 25.0 Å². The summed E-state index contributed by atoms with van der Waals surface area (Å²) in [5, 5.41) is 11.1. The van der Waals surface area contributed by atoms with Crippen molar-refractivity contribution in [2.45, 2.75) is 38.1 Å². The topological polar surface area (TPSA) is 40.5 Å². The summed E-state index contributed by atoms with van der Waals surface area (Å²) in [5.41, 5.74) is 0.551. The molecule has 1 N–H and O–H groups in total. The maximum Gasteiger partial charge on any atom is 0.187 e. The van der Waals surface area contributed by atoms with Gasteiger partial charge in [0.25, 0.3) is 0 Å². The van der Waals surface area contributed by atoms with Gasteiger partial charge in [-0.25, -0.2) is 0 Å². The van der Waals surface area contributed by atoms with Gasteiger partial charge in [0.2, 0.25) is 0 Å². The number of allylic oxidation sites excluding steroid dienone is 5. The first-order valence-electron chi connectivity index (χ1n) is 5.85. The largest absolute Gasteiger partial charge is 0.289 e. The number of rotatable bonds is 2. The summed E-state index contributed by atoms with van der Waals surface area (Å²) in [7, 11) is 0. The molecule has 0 aliphatic heterocycles. The zero-order valence-corrected chi connectivity index (χ0v) is 9.30. The summed E-state index contributed by atoms with van der Waals surface area (Å²) < 4.78 is 0. The first-order chi connectivity index (χ1) is 7.77. The number of carbonyl (C=O) groups is 1. The fraction of sp³-hybridized carbons (Fsp3) is 0.462. The molecule has 0 heterocycles. The summed E-state index contributed by atoms with van der Waals surface area (Å²) in [6.45, 7) is 0. The van der Waals surface area contributed by atoms with Gasteiger partial charge in [-0.2, -0.15) is 0 Å². The average molecular weight is 219 g/mol. The van der Waals surface area contributed by atoms with E-state index in [4.69, 9.17) is 0 Å². The van der Waals surface area contributed by atoms with E-state index in [9.17, 15) is 10.0 Å². The van der Waals surface area contributed by atoms with Crippen molar-refractivity contribution in [2.24, 2.45) is 0 Å². The van der Waals surface area contributed by atoms with Gasteiger partial charge < -0.3 is 0 Å². The molecule has 0 amide bonds. The van der Waals surface area contributed by atoms with E-state index in [1.165, 1.54) is 17.6 Å². The second kappa shape index (κ2) is 5.12. The first-order valence-corrected chi connectivity index (χ1v) is 5.85. The molecule has 0 aromatic carbocycles. The van der Waals surface area contributed by atoms with Crippen molar-refractivity contribution in [1.29, 1.82) is 0 Å². The minimum Gasteiger partial charge on any atom is -0.289 e. The molecule has 1 saturated carbocycles. The SMILES string of the molecule is O=C1C=CC=C/C1=C\N(O)C1CCCCC1. The summed E-state index contributed by atoms with van der Waals surface area (Å²) in [5.74, 6) is -0.0441. The van der Waals surface area contributed by atoms with Gasteiger partial charge in [-0.1, -0.05) is 31.4 Å². The van der Waals surface area contributed by atoms with Gasteiger partial charge in [-0.15, -0.1) is 0 Å². The highest BCUT2D eigenvalue weighted by Crippen LogP contribution is 2.22. The van der Waals surface area contributed by atoms with Gasteiger partial charge in [0, 0.05) is 11.8 Å². The molecule has 0 atom stereocenters. The summed E-state index contributed by atoms with van der Waals surface area (Å²) >= 11 is 0. The molecule has 2 aliphatic carbocycles. The predicted molar refractivity (Wildman–Crippen MR) is 61.9 cm³/mol. The van der Waals surface area contributed by atoms with Crippen LogP contribution in [-0.2, 0) is 4.79 Å². The van der Waals surface area contributed by atoms with Crippen LogP contribution in [0.3, 0.4) is 0 Å². The minimum absolute atomic E-state index is 0.0441. The third kappa shape index (κ3) is 2.61. The van der Waals surface area contributed by atoms with Crippen LogP contribution in [0.2, 0.25) is 0 Å². The van der Waals surface area contributed by atoms with Crippen molar-refractivity contribution in [3.63, 3.8) is 0 Å². The van der Waals surface area contributed by atoms with Crippen LogP contribution in [0.4, 0.5) is 0 Å². The minimum atomic E-state index is -0.0441. The molecule has 3 nitrogen and oxygen atoms in total. The van der Waals surface area contributed by atoms with E-state index in [1.54, 1.807) is 18.4 Å². The smallest absolute Gasteiger partial charge is 0.187 e. The Labute approximate surface area is 95.7 Å². The summed E-state index contributed by atoms with van der Waals surface area (Å²) in [6.07, 6.45) is 13.9. The first kappa shape index (κ1) is 11.1. The lowest BCUT2D eigenvalue weighted by atomic mass is 9.95. The second-order valence-electron chi connectivity index (χ2n) is 4.34. The Kier molecular flexibility index (Phi) is 3.57. The number of hydrogen-bond donors (Lipinski definition) is 1. The van der Waals surface area contributed by atoms with Crippen molar-refractivity contribution < 1.29 is 10.0 Å². The standard InChI is InChI=1S/C13H17NO2/c15-13-9-5-4-6-11(13)10-14(16)12-7-2-1-3-8-12/h4-6,9-10,12,16H,1-3,7-8H2/b11-10+. The lowest BCUT2D eigenvalue weighted by Gasteiger charge is -2.28. The van der Waals surface area contributed by atoms with Gasteiger partial charge >= 0.3 is 0 Å². The van der Waals surface area contributed by atoms with Crippen molar-refractivity contribution in [2.75, 3.05) is 0 Å². The fourth-order valence-corrected chi connectivity index (χ4v) is 2.18. The van der Waals surface area contributed by atoms with Crippen LogP contribution in [0, 0.1) is 0 Å². The Morgan fingerprint density at radius 2 is 1.88 bits per heavy atom. The number of nitrogens with zero attached hydrogens (tertiary/aromatic N) is 1. The van der Waals surface area contributed by atoms with E-state index < -0.39 is 0 Å². The molecule has 0 radical (unpaired) electrons. The van der Waals surface area contributed by atoms with Crippen molar-refractivity contribution in [3.05, 3.63) is 36.1 Å². The average Bonchev–Trinajstić information content (AvgIpc) is 2.33. The lowest BCUT2D eigenvalue weighted by Crippen LogP contribution is -2.30. The monoisotopic (exact) mass is 219 g/mol. The van der Waals surface area contributed by atoms with Crippen LogP contribution in [0.25, 0.3) is 0 Å². The fourth-order valence-electron chi connectivity index (χ4n) is 2.18. The molecule has 0 bridgehead atoms. The normalized spacial score (nSPS) is 24.1. The highest BCUT2D eigenvalue weighted by molar-refractivity contribution is 6.07. The molecule has 0 unspecified atom stereocenters. The van der Waals surface area contributed by atoms with E-state index in [-0.39, 0.29) is 11.8 Å². The lowest BCUT2D eigenvalue weighted by molar-refractivity contribution is -0.112. The molecule has 86 valence electrons. The van der Waals surface area contributed by atoms with E-state index >= 15 is 0 Å². The highest BCUT2D eigenvalue weighted by Gasteiger charge is 2.18. The van der Waals surface area contributed by atoms with Crippen molar-refractivity contribution >= 4 is 5.78 Å². The van der Waals surface area contributed by atoms with Crippen LogP contribution in [-0.4, -0.2) is 22.1 Å². The molecule has 2 aliphatic rings. The molecule has 0 saturated heterocycles. The van der Waals surface area contributed by atoms with E-state index in [2.05, 4.69) is 0 Å². The van der Waals surface area contributed by atoms with Crippen LogP contribution in [0.15, 0.2) is 36.1 Å². The molecule has 3 heteroatoms. The third-order valence-electron chi connectivity index (χ3n) is 3.14. The summed E-state index contributed by atoms with van der Waals surface area (Å²) in [6, 6.07) is 0.174. The zero-order valence-electron chi connectivity index (χ0n) is 9.30. The molecule has 16 heavy (non-hydrogen) atoms. The third-order valence-corrected chi connectivity index (χ3v) is 3.14. The van der Waals surface area contributed by atoms with Gasteiger partial charge in [0.05, 0.1) is 6.04 Å². The van der Waals surface area contributed by atoms with Gasteiger partial charge in [-0.3, -0.25) is 15.1 Å². The Balaban J connectivity index is 2.02. The van der Waals surface area contributed by atoms with E-state index in [0.717, 1.165) is 25.7 Å². The van der Waals surface area contributed by atoms with Crippen LogP contribution >= 0.6 is 0 Å². The summed E-state index contributed by atoms with van der Waals surface area (Å²) in [4.78, 5) is 11.5. The van der Waals surface area contributed by atoms with Crippen LogP contribution in [0.1, 0.15) is 32.1 Å². The Morgan fingerprint density at radius 3 is 2.56 bits per heavy atom. The number of carbonyl (C=O) groups excluding carboxylic acids is 1. The molecular formula is C13H17NO2. The molecule has 0 aromatic rings. The number of ketones is 1. The molecular weight excluding hydrogens is 202 g/mol. The number of hydrogen-bond acceptors (Lipinski definition) is 3. The van der Waals surface area contributed by atoms with Crippen LogP contribution < -0.4 is 0 Å². The molecule has 1 fully saturated rings. The van der Waals surface area contributed by atoms with Crippen molar-refractivity contribution in [1.82, 2.24) is 5.06 Å². The van der Waals surface area contributed by atoms with E-state index in [1.807, 2.05) is 6.08 Å². The van der Waals surface area contributed by atoms with Crippen LogP contribution in [0.5, 0.6) is 0 Å². The Bertz CT molecular complexity index is 349. The second-order valence-corrected chi connectivity index (χ2v) is 4.34. The maximum atomic E-state index is 11.5.